The quantitative estimate of drug-likeness (QED) is 0.765. The van der Waals surface area contributed by atoms with Gasteiger partial charge in [-0.25, -0.2) is 0 Å². The first-order chi connectivity index (χ1) is 8.83. The molecule has 98 valence electrons. The Kier molecular flexibility index (Phi) is 4.73. The Balaban J connectivity index is 1.95. The summed E-state index contributed by atoms with van der Waals surface area (Å²) in [7, 11) is 0. The molecule has 4 nitrogen and oxygen atoms in total. The third kappa shape index (κ3) is 3.09. The van der Waals surface area contributed by atoms with Crippen LogP contribution in [0.25, 0.3) is 0 Å². The lowest BCUT2D eigenvalue weighted by atomic mass is 9.97. The van der Waals surface area contributed by atoms with Crippen LogP contribution in [0.1, 0.15) is 24.2 Å². The molecule has 2 N–H and O–H groups in total. The van der Waals surface area contributed by atoms with Crippen LogP contribution in [0.15, 0.2) is 24.3 Å². The standard InChI is InChI=1S/C14H20N2O2/c1-2-15-8-9-16-14(17)13-12-6-4-3-5-11(12)7-10-18-13/h3-6,13,15H,2,7-10H2,1H3,(H,16,17). The fourth-order valence-electron chi connectivity index (χ4n) is 2.15. The Labute approximate surface area is 108 Å². The van der Waals surface area contributed by atoms with Gasteiger partial charge in [0.15, 0.2) is 6.10 Å². The van der Waals surface area contributed by atoms with Gasteiger partial charge >= 0.3 is 0 Å². The number of ether oxygens (including phenoxy) is 1. The molecule has 0 saturated heterocycles. The molecule has 1 heterocycles. The second-order valence-electron chi connectivity index (χ2n) is 4.34. The molecule has 1 atom stereocenters. The van der Waals surface area contributed by atoms with Crippen molar-refractivity contribution in [3.05, 3.63) is 35.4 Å². The highest BCUT2D eigenvalue weighted by atomic mass is 16.5. The predicted molar refractivity (Wildman–Crippen MR) is 70.4 cm³/mol. The molecular formula is C14H20N2O2. The Morgan fingerprint density at radius 3 is 3.06 bits per heavy atom. The van der Waals surface area contributed by atoms with Gasteiger partial charge in [0, 0.05) is 13.1 Å². The zero-order chi connectivity index (χ0) is 12.8. The molecule has 1 amide bonds. The van der Waals surface area contributed by atoms with Gasteiger partial charge in [0.2, 0.25) is 0 Å². The molecule has 1 unspecified atom stereocenters. The number of nitrogens with one attached hydrogen (secondary N) is 2. The first-order valence-electron chi connectivity index (χ1n) is 6.50. The van der Waals surface area contributed by atoms with Crippen molar-refractivity contribution in [1.29, 1.82) is 0 Å². The number of rotatable bonds is 5. The molecule has 4 heteroatoms. The minimum atomic E-state index is -0.448. The molecule has 18 heavy (non-hydrogen) atoms. The largest absolute Gasteiger partial charge is 0.363 e. The van der Waals surface area contributed by atoms with Gasteiger partial charge < -0.3 is 15.4 Å². The van der Waals surface area contributed by atoms with E-state index in [1.165, 1.54) is 5.56 Å². The topological polar surface area (TPSA) is 50.4 Å². The third-order valence-corrected chi connectivity index (χ3v) is 3.08. The van der Waals surface area contributed by atoms with Gasteiger partial charge in [-0.2, -0.15) is 0 Å². The van der Waals surface area contributed by atoms with E-state index in [4.69, 9.17) is 4.74 Å². The van der Waals surface area contributed by atoms with Crippen LogP contribution in [0.5, 0.6) is 0 Å². The van der Waals surface area contributed by atoms with Gasteiger partial charge in [0.05, 0.1) is 6.61 Å². The number of likely N-dealkylation sites (N-methyl/N-ethyl adjacent to an activating group) is 1. The Morgan fingerprint density at radius 1 is 1.39 bits per heavy atom. The van der Waals surface area contributed by atoms with E-state index >= 15 is 0 Å². The van der Waals surface area contributed by atoms with E-state index in [1.807, 2.05) is 25.1 Å². The third-order valence-electron chi connectivity index (χ3n) is 3.08. The molecule has 0 radical (unpaired) electrons. The van der Waals surface area contributed by atoms with Crippen LogP contribution in [0.2, 0.25) is 0 Å². The molecule has 1 aromatic carbocycles. The van der Waals surface area contributed by atoms with Crippen molar-refractivity contribution in [2.24, 2.45) is 0 Å². The number of benzene rings is 1. The summed E-state index contributed by atoms with van der Waals surface area (Å²) in [5.74, 6) is -0.0416. The maximum Gasteiger partial charge on any atom is 0.253 e. The maximum atomic E-state index is 12.1. The summed E-state index contributed by atoms with van der Waals surface area (Å²) in [6.07, 6.45) is 0.439. The van der Waals surface area contributed by atoms with E-state index in [0.29, 0.717) is 13.2 Å². The Morgan fingerprint density at radius 2 is 2.22 bits per heavy atom. The highest BCUT2D eigenvalue weighted by molar-refractivity contribution is 5.82. The average Bonchev–Trinajstić information content (AvgIpc) is 2.43. The van der Waals surface area contributed by atoms with Gasteiger partial charge in [-0.15, -0.1) is 0 Å². The van der Waals surface area contributed by atoms with Gasteiger partial charge in [0.25, 0.3) is 5.91 Å². The normalized spacial score (nSPS) is 18.2. The summed E-state index contributed by atoms with van der Waals surface area (Å²) < 4.78 is 5.59. The van der Waals surface area contributed by atoms with E-state index in [2.05, 4.69) is 16.7 Å². The highest BCUT2D eigenvalue weighted by Crippen LogP contribution is 2.26. The van der Waals surface area contributed by atoms with E-state index in [9.17, 15) is 4.79 Å². The molecule has 0 aliphatic carbocycles. The van der Waals surface area contributed by atoms with E-state index in [1.54, 1.807) is 0 Å². The molecule has 0 bridgehead atoms. The van der Waals surface area contributed by atoms with Crippen molar-refractivity contribution in [2.45, 2.75) is 19.4 Å². The van der Waals surface area contributed by atoms with Gasteiger partial charge in [-0.05, 0) is 24.1 Å². The number of carbonyl (C=O) groups excluding carboxylic acids is 1. The summed E-state index contributed by atoms with van der Waals surface area (Å²) in [5, 5.41) is 6.07. The van der Waals surface area contributed by atoms with Crippen molar-refractivity contribution in [2.75, 3.05) is 26.2 Å². The van der Waals surface area contributed by atoms with Crippen molar-refractivity contribution >= 4 is 5.91 Å². The lowest BCUT2D eigenvalue weighted by molar-refractivity contribution is -0.134. The van der Waals surface area contributed by atoms with Crippen LogP contribution >= 0.6 is 0 Å². The van der Waals surface area contributed by atoms with Gasteiger partial charge in [-0.3, -0.25) is 4.79 Å². The molecule has 1 aliphatic rings. The van der Waals surface area contributed by atoms with Crippen molar-refractivity contribution in [3.8, 4) is 0 Å². The lowest BCUT2D eigenvalue weighted by Gasteiger charge is -2.25. The van der Waals surface area contributed by atoms with Crippen molar-refractivity contribution in [3.63, 3.8) is 0 Å². The Hall–Kier alpha value is -1.39. The van der Waals surface area contributed by atoms with Crippen LogP contribution < -0.4 is 10.6 Å². The minimum absolute atomic E-state index is 0.0416. The highest BCUT2D eigenvalue weighted by Gasteiger charge is 2.26. The zero-order valence-electron chi connectivity index (χ0n) is 10.7. The van der Waals surface area contributed by atoms with Crippen LogP contribution in [-0.2, 0) is 16.0 Å². The first kappa shape index (κ1) is 13.1. The number of amides is 1. The summed E-state index contributed by atoms with van der Waals surface area (Å²) >= 11 is 0. The van der Waals surface area contributed by atoms with Crippen molar-refractivity contribution < 1.29 is 9.53 Å². The summed E-state index contributed by atoms with van der Waals surface area (Å²) in [5.41, 5.74) is 2.22. The average molecular weight is 248 g/mol. The number of hydrogen-bond acceptors (Lipinski definition) is 3. The monoisotopic (exact) mass is 248 g/mol. The molecular weight excluding hydrogens is 228 g/mol. The summed E-state index contributed by atoms with van der Waals surface area (Å²) in [6.45, 7) is 4.99. The number of hydrogen-bond donors (Lipinski definition) is 2. The zero-order valence-corrected chi connectivity index (χ0v) is 10.7. The molecule has 0 spiro atoms. The fourth-order valence-corrected chi connectivity index (χ4v) is 2.15. The van der Waals surface area contributed by atoms with Crippen molar-refractivity contribution in [1.82, 2.24) is 10.6 Å². The smallest absolute Gasteiger partial charge is 0.253 e. The second-order valence-corrected chi connectivity index (χ2v) is 4.34. The SMILES string of the molecule is CCNCCNC(=O)C1OCCc2ccccc21. The van der Waals surface area contributed by atoms with Crippen LogP contribution in [0.3, 0.4) is 0 Å². The van der Waals surface area contributed by atoms with E-state index < -0.39 is 6.10 Å². The fraction of sp³-hybridized carbons (Fsp3) is 0.500. The van der Waals surface area contributed by atoms with E-state index in [0.717, 1.165) is 25.1 Å². The first-order valence-corrected chi connectivity index (χ1v) is 6.50. The lowest BCUT2D eigenvalue weighted by Crippen LogP contribution is -2.37. The summed E-state index contributed by atoms with van der Waals surface area (Å²) in [6, 6.07) is 8.00. The molecule has 1 aromatic rings. The Bertz CT molecular complexity index is 407. The molecule has 2 rings (SSSR count). The molecule has 0 saturated carbocycles. The molecule has 0 fully saturated rings. The number of fused-ring (bicyclic) bond motifs is 1. The number of carbonyl (C=O) groups is 1. The summed E-state index contributed by atoms with van der Waals surface area (Å²) in [4.78, 5) is 12.1. The molecule has 1 aliphatic heterocycles. The van der Waals surface area contributed by atoms with Gasteiger partial charge in [-0.1, -0.05) is 31.2 Å². The van der Waals surface area contributed by atoms with Gasteiger partial charge in [0.1, 0.15) is 0 Å². The van der Waals surface area contributed by atoms with E-state index in [-0.39, 0.29) is 5.91 Å². The maximum absolute atomic E-state index is 12.1. The minimum Gasteiger partial charge on any atom is -0.363 e. The second kappa shape index (κ2) is 6.52. The van der Waals surface area contributed by atoms with Crippen LogP contribution in [0.4, 0.5) is 0 Å². The molecule has 0 aromatic heterocycles. The predicted octanol–water partition coefficient (Wildman–Crippen LogP) is 1.03. The van der Waals surface area contributed by atoms with Crippen LogP contribution in [0, 0.1) is 0 Å². The van der Waals surface area contributed by atoms with Crippen LogP contribution in [-0.4, -0.2) is 32.1 Å².